The molecule has 14 heavy (non-hydrogen) atoms. The predicted molar refractivity (Wildman–Crippen MR) is 45.7 cm³/mol. The van der Waals surface area contributed by atoms with Gasteiger partial charge in [-0.15, -0.1) is 0 Å². The van der Waals surface area contributed by atoms with Crippen molar-refractivity contribution >= 4 is 5.97 Å². The summed E-state index contributed by atoms with van der Waals surface area (Å²) in [6, 6.07) is 3.75. The molecule has 0 aromatic heterocycles. The van der Waals surface area contributed by atoms with Crippen LogP contribution >= 0.6 is 0 Å². The summed E-state index contributed by atoms with van der Waals surface area (Å²) < 4.78 is 13.1. The third-order valence-corrected chi connectivity index (χ3v) is 1.73. The minimum Gasteiger partial charge on any atom is -0.480 e. The van der Waals surface area contributed by atoms with Gasteiger partial charge in [0.2, 0.25) is 0 Å². The Balaban J connectivity index is 3.20. The average molecular weight is 194 g/mol. The number of benzene rings is 1. The van der Waals surface area contributed by atoms with Crippen molar-refractivity contribution in [1.82, 2.24) is 0 Å². The van der Waals surface area contributed by atoms with E-state index in [1.807, 2.05) is 0 Å². The quantitative estimate of drug-likeness (QED) is 0.728. The van der Waals surface area contributed by atoms with Gasteiger partial charge in [0.1, 0.15) is 11.9 Å². The number of carbonyl (C=O) groups is 1. The highest BCUT2D eigenvalue weighted by molar-refractivity contribution is 5.75. The standard InChI is InChI=1S/C9H7FN2O2/c10-7-2-1-5(4-11)3-6(7)8(12)9(13)14/h1-3,8H,12H2,(H,13,14)/t8-/m0/s1. The topological polar surface area (TPSA) is 87.1 Å². The molecule has 1 rings (SSSR count). The van der Waals surface area contributed by atoms with E-state index in [0.717, 1.165) is 12.1 Å². The van der Waals surface area contributed by atoms with Crippen LogP contribution in [0.15, 0.2) is 18.2 Å². The number of aliphatic carboxylic acids is 1. The lowest BCUT2D eigenvalue weighted by Gasteiger charge is -2.07. The van der Waals surface area contributed by atoms with E-state index in [2.05, 4.69) is 0 Å². The molecule has 4 nitrogen and oxygen atoms in total. The van der Waals surface area contributed by atoms with E-state index < -0.39 is 17.8 Å². The van der Waals surface area contributed by atoms with Crippen LogP contribution in [0.5, 0.6) is 0 Å². The molecule has 0 radical (unpaired) electrons. The summed E-state index contributed by atoms with van der Waals surface area (Å²) in [4.78, 5) is 10.5. The molecule has 72 valence electrons. The zero-order valence-corrected chi connectivity index (χ0v) is 7.07. The van der Waals surface area contributed by atoms with Gasteiger partial charge in [-0.05, 0) is 18.2 Å². The maximum absolute atomic E-state index is 13.1. The molecule has 0 amide bonds. The highest BCUT2D eigenvalue weighted by atomic mass is 19.1. The summed E-state index contributed by atoms with van der Waals surface area (Å²) in [5.74, 6) is -2.06. The summed E-state index contributed by atoms with van der Waals surface area (Å²) in [5.41, 5.74) is 5.21. The van der Waals surface area contributed by atoms with Crippen LogP contribution in [-0.2, 0) is 4.79 Å². The molecule has 0 aliphatic carbocycles. The van der Waals surface area contributed by atoms with Crippen molar-refractivity contribution in [2.75, 3.05) is 0 Å². The van der Waals surface area contributed by atoms with E-state index >= 15 is 0 Å². The number of hydrogen-bond acceptors (Lipinski definition) is 3. The van der Waals surface area contributed by atoms with Crippen LogP contribution in [0.3, 0.4) is 0 Å². The van der Waals surface area contributed by atoms with Crippen LogP contribution in [0.4, 0.5) is 4.39 Å². The summed E-state index contributed by atoms with van der Waals surface area (Å²) in [6.07, 6.45) is 0. The van der Waals surface area contributed by atoms with Crippen LogP contribution < -0.4 is 5.73 Å². The number of rotatable bonds is 2. The van der Waals surface area contributed by atoms with E-state index in [4.69, 9.17) is 16.1 Å². The molecular weight excluding hydrogens is 187 g/mol. The van der Waals surface area contributed by atoms with Gasteiger partial charge in [-0.1, -0.05) is 0 Å². The fourth-order valence-electron chi connectivity index (χ4n) is 0.985. The molecule has 0 bridgehead atoms. The third kappa shape index (κ3) is 1.87. The molecule has 0 aliphatic rings. The molecule has 1 aromatic rings. The van der Waals surface area contributed by atoms with E-state index in [0.29, 0.717) is 0 Å². The molecule has 0 unspecified atom stereocenters. The van der Waals surface area contributed by atoms with Crippen LogP contribution in [0, 0.1) is 17.1 Å². The number of hydrogen-bond donors (Lipinski definition) is 2. The first kappa shape index (κ1) is 10.2. The van der Waals surface area contributed by atoms with Gasteiger partial charge in [0.25, 0.3) is 0 Å². The normalized spacial score (nSPS) is 11.8. The van der Waals surface area contributed by atoms with Gasteiger partial charge in [-0.25, -0.2) is 4.39 Å². The number of nitrogens with two attached hydrogens (primary N) is 1. The van der Waals surface area contributed by atoms with Crippen LogP contribution in [0.2, 0.25) is 0 Å². The maximum atomic E-state index is 13.1. The first-order valence-electron chi connectivity index (χ1n) is 3.74. The lowest BCUT2D eigenvalue weighted by Crippen LogP contribution is -2.21. The summed E-state index contributed by atoms with van der Waals surface area (Å²) >= 11 is 0. The van der Waals surface area contributed by atoms with Crippen molar-refractivity contribution < 1.29 is 14.3 Å². The average Bonchev–Trinajstić information content (AvgIpc) is 2.17. The Kier molecular flexibility index (Phi) is 2.79. The van der Waals surface area contributed by atoms with Gasteiger partial charge in [-0.3, -0.25) is 4.79 Å². The SMILES string of the molecule is N#Cc1ccc(F)c([C@H](N)C(=O)O)c1. The summed E-state index contributed by atoms with van der Waals surface area (Å²) in [5, 5.41) is 17.1. The van der Waals surface area contributed by atoms with Crippen LogP contribution in [0.1, 0.15) is 17.2 Å². The largest absolute Gasteiger partial charge is 0.480 e. The van der Waals surface area contributed by atoms with Crippen molar-refractivity contribution in [3.8, 4) is 6.07 Å². The smallest absolute Gasteiger partial charge is 0.325 e. The Morgan fingerprint density at radius 2 is 2.29 bits per heavy atom. The Hall–Kier alpha value is -1.93. The van der Waals surface area contributed by atoms with Crippen LogP contribution in [0.25, 0.3) is 0 Å². The number of nitriles is 1. The highest BCUT2D eigenvalue weighted by Gasteiger charge is 2.18. The Morgan fingerprint density at radius 3 is 2.79 bits per heavy atom. The molecule has 1 aromatic carbocycles. The zero-order chi connectivity index (χ0) is 10.7. The summed E-state index contributed by atoms with van der Waals surface area (Å²) in [7, 11) is 0. The first-order valence-corrected chi connectivity index (χ1v) is 3.74. The van der Waals surface area contributed by atoms with Crippen LogP contribution in [-0.4, -0.2) is 11.1 Å². The lowest BCUT2D eigenvalue weighted by molar-refractivity contribution is -0.138. The van der Waals surface area contributed by atoms with Gasteiger partial charge in [-0.2, -0.15) is 5.26 Å². The lowest BCUT2D eigenvalue weighted by atomic mass is 10.0. The van der Waals surface area contributed by atoms with E-state index in [-0.39, 0.29) is 11.1 Å². The number of nitrogens with zero attached hydrogens (tertiary/aromatic N) is 1. The van der Waals surface area contributed by atoms with Gasteiger partial charge in [0.15, 0.2) is 0 Å². The first-order chi connectivity index (χ1) is 6.56. The molecule has 1 atom stereocenters. The molecule has 3 N–H and O–H groups in total. The molecule has 5 heteroatoms. The van der Waals surface area contributed by atoms with Gasteiger partial charge >= 0.3 is 5.97 Å². The van der Waals surface area contributed by atoms with Crippen molar-refractivity contribution in [2.45, 2.75) is 6.04 Å². The van der Waals surface area contributed by atoms with E-state index in [1.165, 1.54) is 6.07 Å². The van der Waals surface area contributed by atoms with Crippen molar-refractivity contribution in [2.24, 2.45) is 5.73 Å². The van der Waals surface area contributed by atoms with Gasteiger partial charge < -0.3 is 10.8 Å². The monoisotopic (exact) mass is 194 g/mol. The Labute approximate surface area is 79.4 Å². The predicted octanol–water partition coefficient (Wildman–Crippen LogP) is 0.782. The fraction of sp³-hybridized carbons (Fsp3) is 0.111. The zero-order valence-electron chi connectivity index (χ0n) is 7.07. The Bertz CT molecular complexity index is 412. The minimum atomic E-state index is -1.44. The number of halogens is 1. The second-order valence-electron chi connectivity index (χ2n) is 2.66. The number of carboxylic acids is 1. The number of carboxylic acid groups (broad SMARTS) is 1. The maximum Gasteiger partial charge on any atom is 0.325 e. The van der Waals surface area contributed by atoms with Crippen molar-refractivity contribution in [3.63, 3.8) is 0 Å². The highest BCUT2D eigenvalue weighted by Crippen LogP contribution is 2.16. The molecular formula is C9H7FN2O2. The second kappa shape index (κ2) is 3.85. The minimum absolute atomic E-state index is 0.179. The van der Waals surface area contributed by atoms with E-state index in [9.17, 15) is 9.18 Å². The molecule has 0 fully saturated rings. The van der Waals surface area contributed by atoms with Gasteiger partial charge in [0, 0.05) is 5.56 Å². The molecule has 0 saturated heterocycles. The van der Waals surface area contributed by atoms with Crippen molar-refractivity contribution in [1.29, 1.82) is 5.26 Å². The fourth-order valence-corrected chi connectivity index (χ4v) is 0.985. The summed E-state index contributed by atoms with van der Waals surface area (Å²) in [6.45, 7) is 0. The molecule has 0 saturated carbocycles. The van der Waals surface area contributed by atoms with Crippen molar-refractivity contribution in [3.05, 3.63) is 35.1 Å². The molecule has 0 heterocycles. The second-order valence-corrected chi connectivity index (χ2v) is 2.66. The third-order valence-electron chi connectivity index (χ3n) is 1.73. The van der Waals surface area contributed by atoms with Gasteiger partial charge in [0.05, 0.1) is 11.6 Å². The Morgan fingerprint density at radius 1 is 1.64 bits per heavy atom. The molecule has 0 aliphatic heterocycles. The van der Waals surface area contributed by atoms with E-state index in [1.54, 1.807) is 6.07 Å². The molecule has 0 spiro atoms.